The zero-order valence-electron chi connectivity index (χ0n) is 15.2. The molecule has 1 unspecified atom stereocenters. The van der Waals surface area contributed by atoms with E-state index in [9.17, 15) is 0 Å². The Balaban J connectivity index is 0.00000312. The molecular weight excluding hydrogens is 435 g/mol. The number of benzene rings is 1. The minimum absolute atomic E-state index is 0. The Hall–Kier alpha value is -1.26. The van der Waals surface area contributed by atoms with Gasteiger partial charge in [-0.2, -0.15) is 0 Å². The Kier molecular flexibility index (Phi) is 9.91. The summed E-state index contributed by atoms with van der Waals surface area (Å²) in [5.41, 5.74) is 6.80. The highest BCUT2D eigenvalue weighted by Gasteiger charge is 2.13. The van der Waals surface area contributed by atoms with Gasteiger partial charge in [0.05, 0.1) is 27.4 Å². The third kappa shape index (κ3) is 7.25. The minimum atomic E-state index is 0. The maximum absolute atomic E-state index is 5.98. The number of nitrogens with two attached hydrogens (primary N) is 1. The first-order valence-electron chi connectivity index (χ1n) is 8.21. The van der Waals surface area contributed by atoms with Gasteiger partial charge in [0, 0.05) is 37.9 Å². The maximum atomic E-state index is 5.98. The van der Waals surface area contributed by atoms with E-state index in [1.807, 2.05) is 18.2 Å². The highest BCUT2D eigenvalue weighted by atomic mass is 127. The largest absolute Gasteiger partial charge is 0.493 e. The second-order valence-corrected chi connectivity index (χ2v) is 5.94. The number of morpholine rings is 1. The lowest BCUT2D eigenvalue weighted by Gasteiger charge is -2.28. The number of anilines is 1. The van der Waals surface area contributed by atoms with E-state index in [0.717, 1.165) is 38.5 Å². The molecule has 1 aromatic rings. The van der Waals surface area contributed by atoms with E-state index in [2.05, 4.69) is 22.1 Å². The second-order valence-electron chi connectivity index (χ2n) is 5.94. The number of hydrogen-bond acceptors (Lipinski definition) is 5. The summed E-state index contributed by atoms with van der Waals surface area (Å²) in [4.78, 5) is 6.84. The van der Waals surface area contributed by atoms with Gasteiger partial charge in [0.25, 0.3) is 0 Å². The molecule has 1 aromatic carbocycles. The molecule has 1 aliphatic heterocycles. The van der Waals surface area contributed by atoms with Crippen molar-refractivity contribution in [2.75, 3.05) is 58.9 Å². The number of methoxy groups -OCH3 is 2. The molecule has 0 aromatic heterocycles. The van der Waals surface area contributed by atoms with Crippen LogP contribution in [0.25, 0.3) is 0 Å². The van der Waals surface area contributed by atoms with Gasteiger partial charge < -0.3 is 25.3 Å². The molecule has 0 spiro atoms. The summed E-state index contributed by atoms with van der Waals surface area (Å²) in [5.74, 6) is 2.17. The highest BCUT2D eigenvalue weighted by molar-refractivity contribution is 14.0. The van der Waals surface area contributed by atoms with Gasteiger partial charge in [-0.1, -0.05) is 6.92 Å². The van der Waals surface area contributed by atoms with E-state index in [4.69, 9.17) is 19.9 Å². The molecule has 1 saturated heterocycles. The quantitative estimate of drug-likeness (QED) is 0.365. The SMILES string of the molecule is COc1ccc(NC(N)=NCC(C)CN2CCOCC2)cc1OC.I. The van der Waals surface area contributed by atoms with Crippen molar-refractivity contribution in [2.24, 2.45) is 16.6 Å². The Morgan fingerprint density at radius 2 is 1.96 bits per heavy atom. The molecule has 0 radical (unpaired) electrons. The van der Waals surface area contributed by atoms with E-state index in [1.54, 1.807) is 14.2 Å². The van der Waals surface area contributed by atoms with Crippen LogP contribution in [0.1, 0.15) is 6.92 Å². The minimum Gasteiger partial charge on any atom is -0.493 e. The van der Waals surface area contributed by atoms with Gasteiger partial charge in [-0.25, -0.2) is 0 Å². The molecule has 0 bridgehead atoms. The molecule has 7 nitrogen and oxygen atoms in total. The summed E-state index contributed by atoms with van der Waals surface area (Å²) in [5, 5.41) is 3.09. The Labute approximate surface area is 166 Å². The molecule has 1 atom stereocenters. The van der Waals surface area contributed by atoms with E-state index >= 15 is 0 Å². The zero-order chi connectivity index (χ0) is 17.4. The first-order valence-corrected chi connectivity index (χ1v) is 8.21. The van der Waals surface area contributed by atoms with Crippen LogP contribution in [0.3, 0.4) is 0 Å². The number of ether oxygens (including phenoxy) is 3. The smallest absolute Gasteiger partial charge is 0.193 e. The van der Waals surface area contributed by atoms with Gasteiger partial charge in [0.2, 0.25) is 0 Å². The number of hydrogen-bond donors (Lipinski definition) is 2. The standard InChI is InChI=1S/C17H28N4O3.HI/c1-13(12-21-6-8-24-9-7-21)11-19-17(18)20-14-4-5-15(22-2)16(10-14)23-3;/h4-5,10,13H,6-9,11-12H2,1-3H3,(H3,18,19,20);1H. The number of guanidine groups is 1. The molecule has 0 saturated carbocycles. The molecule has 0 aliphatic carbocycles. The van der Waals surface area contributed by atoms with Gasteiger partial charge in [-0.15, -0.1) is 24.0 Å². The van der Waals surface area contributed by atoms with Crippen LogP contribution in [0.5, 0.6) is 11.5 Å². The van der Waals surface area contributed by atoms with Gasteiger partial charge in [-0.05, 0) is 18.1 Å². The van der Waals surface area contributed by atoms with Crippen molar-refractivity contribution in [3.63, 3.8) is 0 Å². The third-order valence-electron chi connectivity index (χ3n) is 3.90. The summed E-state index contributed by atoms with van der Waals surface area (Å²) in [6.45, 7) is 7.50. The Morgan fingerprint density at radius 3 is 2.60 bits per heavy atom. The monoisotopic (exact) mass is 464 g/mol. The molecule has 25 heavy (non-hydrogen) atoms. The first-order chi connectivity index (χ1) is 11.6. The van der Waals surface area contributed by atoms with Crippen LogP contribution in [0.4, 0.5) is 5.69 Å². The molecule has 8 heteroatoms. The van der Waals surface area contributed by atoms with Gasteiger partial charge >= 0.3 is 0 Å². The van der Waals surface area contributed by atoms with Crippen LogP contribution in [-0.4, -0.2) is 64.5 Å². The zero-order valence-corrected chi connectivity index (χ0v) is 17.5. The van der Waals surface area contributed by atoms with Crippen LogP contribution in [0.2, 0.25) is 0 Å². The molecular formula is C17H29IN4O3. The maximum Gasteiger partial charge on any atom is 0.193 e. The molecule has 1 heterocycles. The van der Waals surface area contributed by atoms with Gasteiger partial charge in [0.1, 0.15) is 0 Å². The van der Waals surface area contributed by atoms with Crippen molar-refractivity contribution in [1.82, 2.24) is 4.90 Å². The lowest BCUT2D eigenvalue weighted by atomic mass is 10.1. The summed E-state index contributed by atoms with van der Waals surface area (Å²) < 4.78 is 15.9. The molecule has 3 N–H and O–H groups in total. The average molecular weight is 464 g/mol. The van der Waals surface area contributed by atoms with E-state index in [1.165, 1.54) is 0 Å². The van der Waals surface area contributed by atoms with Crippen LogP contribution in [0.15, 0.2) is 23.2 Å². The topological polar surface area (TPSA) is 81.3 Å². The molecule has 1 aliphatic rings. The Morgan fingerprint density at radius 1 is 1.28 bits per heavy atom. The number of nitrogens with one attached hydrogen (secondary N) is 1. The van der Waals surface area contributed by atoms with E-state index in [0.29, 0.717) is 29.9 Å². The number of aliphatic imine (C=N–C) groups is 1. The van der Waals surface area contributed by atoms with E-state index in [-0.39, 0.29) is 24.0 Å². The number of nitrogens with zero attached hydrogens (tertiary/aromatic N) is 2. The average Bonchev–Trinajstić information content (AvgIpc) is 2.60. The van der Waals surface area contributed by atoms with Gasteiger partial charge in [0.15, 0.2) is 17.5 Å². The van der Waals surface area contributed by atoms with Crippen molar-refractivity contribution >= 4 is 35.6 Å². The van der Waals surface area contributed by atoms with Crippen molar-refractivity contribution in [3.8, 4) is 11.5 Å². The number of rotatable bonds is 7. The normalized spacial score (nSPS) is 16.7. The molecule has 0 amide bonds. The first kappa shape index (κ1) is 21.8. The molecule has 2 rings (SSSR count). The summed E-state index contributed by atoms with van der Waals surface area (Å²) >= 11 is 0. The van der Waals surface area contributed by atoms with Gasteiger partial charge in [-0.3, -0.25) is 9.89 Å². The van der Waals surface area contributed by atoms with Crippen molar-refractivity contribution in [3.05, 3.63) is 18.2 Å². The lowest BCUT2D eigenvalue weighted by molar-refractivity contribution is 0.0323. The Bertz CT molecular complexity index is 551. The highest BCUT2D eigenvalue weighted by Crippen LogP contribution is 2.29. The molecule has 1 fully saturated rings. The van der Waals surface area contributed by atoms with Crippen molar-refractivity contribution in [2.45, 2.75) is 6.92 Å². The van der Waals surface area contributed by atoms with Crippen molar-refractivity contribution in [1.29, 1.82) is 0 Å². The second kappa shape index (κ2) is 11.4. The summed E-state index contributed by atoms with van der Waals surface area (Å²) in [6.07, 6.45) is 0. The fourth-order valence-electron chi connectivity index (χ4n) is 2.64. The van der Waals surface area contributed by atoms with Crippen LogP contribution in [0, 0.1) is 5.92 Å². The third-order valence-corrected chi connectivity index (χ3v) is 3.90. The molecule has 142 valence electrons. The predicted molar refractivity (Wildman–Crippen MR) is 111 cm³/mol. The fraction of sp³-hybridized carbons (Fsp3) is 0.588. The van der Waals surface area contributed by atoms with Crippen LogP contribution >= 0.6 is 24.0 Å². The van der Waals surface area contributed by atoms with E-state index < -0.39 is 0 Å². The number of halogens is 1. The summed E-state index contributed by atoms with van der Waals surface area (Å²) in [7, 11) is 3.21. The summed E-state index contributed by atoms with van der Waals surface area (Å²) in [6, 6.07) is 5.54. The van der Waals surface area contributed by atoms with Crippen LogP contribution < -0.4 is 20.5 Å². The predicted octanol–water partition coefficient (Wildman–Crippen LogP) is 2.02. The fourth-order valence-corrected chi connectivity index (χ4v) is 2.64. The van der Waals surface area contributed by atoms with Crippen molar-refractivity contribution < 1.29 is 14.2 Å². The lowest BCUT2D eigenvalue weighted by Crippen LogP contribution is -2.39. The van der Waals surface area contributed by atoms with Crippen LogP contribution in [-0.2, 0) is 4.74 Å².